The van der Waals surface area contributed by atoms with Crippen molar-refractivity contribution in [1.82, 2.24) is 15.1 Å². The molecular formula is C12H18BrN3O. The summed E-state index contributed by atoms with van der Waals surface area (Å²) in [6.07, 6.45) is 2.63. The highest BCUT2D eigenvalue weighted by atomic mass is 79.9. The monoisotopic (exact) mass is 299 g/mol. The van der Waals surface area contributed by atoms with Crippen molar-refractivity contribution in [2.75, 3.05) is 6.54 Å². The van der Waals surface area contributed by atoms with Crippen molar-refractivity contribution in [3.63, 3.8) is 0 Å². The minimum absolute atomic E-state index is 0.109. The number of carbonyl (C=O) groups excluding carboxylic acids is 1. The molecule has 0 bridgehead atoms. The van der Waals surface area contributed by atoms with Crippen LogP contribution >= 0.6 is 15.9 Å². The molecule has 2 heterocycles. The Balaban J connectivity index is 2.24. The van der Waals surface area contributed by atoms with Gasteiger partial charge in [0.15, 0.2) is 0 Å². The SMILES string of the molecule is CCc1nn(CC)c(CC2CCNC2=O)c1Br. The largest absolute Gasteiger partial charge is 0.356 e. The van der Waals surface area contributed by atoms with Crippen molar-refractivity contribution in [3.05, 3.63) is 15.9 Å². The van der Waals surface area contributed by atoms with E-state index >= 15 is 0 Å². The number of rotatable bonds is 4. The average molecular weight is 300 g/mol. The van der Waals surface area contributed by atoms with Crippen LogP contribution in [0.25, 0.3) is 0 Å². The lowest BCUT2D eigenvalue weighted by molar-refractivity contribution is -0.122. The number of nitrogens with zero attached hydrogens (tertiary/aromatic N) is 2. The predicted molar refractivity (Wildman–Crippen MR) is 69.8 cm³/mol. The maximum Gasteiger partial charge on any atom is 0.223 e. The van der Waals surface area contributed by atoms with Crippen LogP contribution in [-0.4, -0.2) is 22.2 Å². The van der Waals surface area contributed by atoms with Crippen LogP contribution in [-0.2, 0) is 24.2 Å². The van der Waals surface area contributed by atoms with Crippen LogP contribution in [0.4, 0.5) is 0 Å². The van der Waals surface area contributed by atoms with E-state index < -0.39 is 0 Å². The molecule has 1 aliphatic rings. The number of aromatic nitrogens is 2. The van der Waals surface area contributed by atoms with E-state index in [1.165, 1.54) is 0 Å². The van der Waals surface area contributed by atoms with Gasteiger partial charge in [0.1, 0.15) is 0 Å². The van der Waals surface area contributed by atoms with Crippen LogP contribution in [0.3, 0.4) is 0 Å². The van der Waals surface area contributed by atoms with Crippen LogP contribution in [0.5, 0.6) is 0 Å². The number of hydrogen-bond donors (Lipinski definition) is 1. The predicted octanol–water partition coefficient (Wildman–Crippen LogP) is 1.91. The molecule has 4 nitrogen and oxygen atoms in total. The van der Waals surface area contributed by atoms with E-state index in [1.54, 1.807) is 0 Å². The van der Waals surface area contributed by atoms with Crippen LogP contribution in [0.2, 0.25) is 0 Å². The van der Waals surface area contributed by atoms with Gasteiger partial charge in [-0.15, -0.1) is 0 Å². The lowest BCUT2D eigenvalue weighted by atomic mass is 10.0. The molecule has 5 heteroatoms. The fourth-order valence-electron chi connectivity index (χ4n) is 2.29. The van der Waals surface area contributed by atoms with Crippen LogP contribution in [0.1, 0.15) is 31.7 Å². The first-order valence-corrected chi connectivity index (χ1v) is 6.98. The standard InChI is InChI=1S/C12H18BrN3O/c1-3-9-11(13)10(16(4-2)15-9)7-8-5-6-14-12(8)17/h8H,3-7H2,1-2H3,(H,14,17). The molecule has 0 spiro atoms. The molecule has 1 aromatic heterocycles. The van der Waals surface area contributed by atoms with Gasteiger partial charge in [-0.05, 0) is 35.7 Å². The highest BCUT2D eigenvalue weighted by Crippen LogP contribution is 2.26. The van der Waals surface area contributed by atoms with Crippen LogP contribution < -0.4 is 5.32 Å². The van der Waals surface area contributed by atoms with Crippen molar-refractivity contribution < 1.29 is 4.79 Å². The van der Waals surface area contributed by atoms with Gasteiger partial charge < -0.3 is 5.32 Å². The summed E-state index contributed by atoms with van der Waals surface area (Å²) in [5.41, 5.74) is 2.24. The van der Waals surface area contributed by atoms with Gasteiger partial charge >= 0.3 is 0 Å². The topological polar surface area (TPSA) is 46.9 Å². The summed E-state index contributed by atoms with van der Waals surface area (Å²) in [6, 6.07) is 0. The number of nitrogens with one attached hydrogen (secondary N) is 1. The molecule has 1 saturated heterocycles. The molecule has 1 N–H and O–H groups in total. The lowest BCUT2D eigenvalue weighted by Gasteiger charge is -2.09. The van der Waals surface area contributed by atoms with Crippen molar-refractivity contribution in [3.8, 4) is 0 Å². The number of hydrogen-bond acceptors (Lipinski definition) is 2. The summed E-state index contributed by atoms with van der Waals surface area (Å²) in [4.78, 5) is 11.6. The third-order valence-corrected chi connectivity index (χ3v) is 4.21. The molecule has 1 atom stereocenters. The fourth-order valence-corrected chi connectivity index (χ4v) is 3.01. The molecule has 0 aromatic carbocycles. The van der Waals surface area contributed by atoms with Crippen LogP contribution in [0.15, 0.2) is 4.47 Å². The van der Waals surface area contributed by atoms with E-state index in [-0.39, 0.29) is 11.8 Å². The highest BCUT2D eigenvalue weighted by molar-refractivity contribution is 9.10. The summed E-state index contributed by atoms with van der Waals surface area (Å²) in [7, 11) is 0. The lowest BCUT2D eigenvalue weighted by Crippen LogP contribution is -2.21. The average Bonchev–Trinajstić information content (AvgIpc) is 2.86. The molecule has 94 valence electrons. The van der Waals surface area contributed by atoms with E-state index in [0.29, 0.717) is 0 Å². The first-order valence-electron chi connectivity index (χ1n) is 6.19. The first kappa shape index (κ1) is 12.6. The Morgan fingerprint density at radius 3 is 2.82 bits per heavy atom. The summed E-state index contributed by atoms with van der Waals surface area (Å²) in [6.45, 7) is 5.83. The Kier molecular flexibility index (Phi) is 3.86. The van der Waals surface area contributed by atoms with Gasteiger partial charge in [-0.1, -0.05) is 6.92 Å². The third kappa shape index (κ3) is 2.39. The summed E-state index contributed by atoms with van der Waals surface area (Å²) < 4.78 is 3.09. The van der Waals surface area contributed by atoms with Crippen LogP contribution in [0, 0.1) is 5.92 Å². The second-order valence-electron chi connectivity index (χ2n) is 4.36. The minimum Gasteiger partial charge on any atom is -0.356 e. The minimum atomic E-state index is 0.109. The molecular weight excluding hydrogens is 282 g/mol. The Morgan fingerprint density at radius 1 is 1.53 bits per heavy atom. The number of amides is 1. The number of aryl methyl sites for hydroxylation is 2. The van der Waals surface area contributed by atoms with E-state index in [0.717, 1.165) is 48.2 Å². The number of halogens is 1. The van der Waals surface area contributed by atoms with Crippen molar-refractivity contribution >= 4 is 21.8 Å². The van der Waals surface area contributed by atoms with Crippen molar-refractivity contribution in [2.24, 2.45) is 5.92 Å². The normalized spacial score (nSPS) is 19.7. The summed E-state index contributed by atoms with van der Waals surface area (Å²) >= 11 is 3.62. The molecule has 0 radical (unpaired) electrons. The Bertz CT molecular complexity index is 428. The van der Waals surface area contributed by atoms with Gasteiger partial charge in [0.05, 0.1) is 15.9 Å². The molecule has 1 aliphatic heterocycles. The van der Waals surface area contributed by atoms with Crippen molar-refractivity contribution in [1.29, 1.82) is 0 Å². The highest BCUT2D eigenvalue weighted by Gasteiger charge is 2.27. The fraction of sp³-hybridized carbons (Fsp3) is 0.667. The molecule has 0 aliphatic carbocycles. The van der Waals surface area contributed by atoms with E-state index in [4.69, 9.17) is 0 Å². The smallest absolute Gasteiger partial charge is 0.223 e. The van der Waals surface area contributed by atoms with Gasteiger partial charge in [0.2, 0.25) is 5.91 Å². The summed E-state index contributed by atoms with van der Waals surface area (Å²) in [5.74, 6) is 0.289. The number of carbonyl (C=O) groups is 1. The molecule has 1 aromatic rings. The van der Waals surface area contributed by atoms with Gasteiger partial charge in [-0.25, -0.2) is 0 Å². The molecule has 1 amide bonds. The van der Waals surface area contributed by atoms with Gasteiger partial charge in [-0.2, -0.15) is 5.10 Å². The van der Waals surface area contributed by atoms with E-state index in [9.17, 15) is 4.79 Å². The second kappa shape index (κ2) is 5.21. The summed E-state index contributed by atoms with van der Waals surface area (Å²) in [5, 5.41) is 7.44. The Hall–Kier alpha value is -0.840. The third-order valence-electron chi connectivity index (χ3n) is 3.30. The van der Waals surface area contributed by atoms with Gasteiger partial charge in [0.25, 0.3) is 0 Å². The van der Waals surface area contributed by atoms with E-state index in [1.807, 2.05) is 4.68 Å². The van der Waals surface area contributed by atoms with Gasteiger partial charge in [-0.3, -0.25) is 9.48 Å². The zero-order valence-corrected chi connectivity index (χ0v) is 11.9. The maximum absolute atomic E-state index is 11.6. The zero-order valence-electron chi connectivity index (χ0n) is 10.3. The molecule has 2 rings (SSSR count). The Labute approximate surface area is 110 Å². The maximum atomic E-state index is 11.6. The zero-order chi connectivity index (χ0) is 12.4. The molecule has 0 saturated carbocycles. The molecule has 1 unspecified atom stereocenters. The second-order valence-corrected chi connectivity index (χ2v) is 5.15. The Morgan fingerprint density at radius 2 is 2.29 bits per heavy atom. The first-order chi connectivity index (χ1) is 8.17. The molecule has 1 fully saturated rings. The quantitative estimate of drug-likeness (QED) is 0.923. The van der Waals surface area contributed by atoms with Crippen molar-refractivity contribution in [2.45, 2.75) is 39.7 Å². The van der Waals surface area contributed by atoms with Gasteiger partial charge in [0, 0.05) is 25.4 Å². The van der Waals surface area contributed by atoms with E-state index in [2.05, 4.69) is 40.2 Å². The molecule has 17 heavy (non-hydrogen) atoms.